The first-order valence-corrected chi connectivity index (χ1v) is 28.1. The molecule has 0 aromatic heterocycles. The lowest BCUT2D eigenvalue weighted by Gasteiger charge is -2.37. The van der Waals surface area contributed by atoms with Crippen LogP contribution in [0.2, 0.25) is 0 Å². The Morgan fingerprint density at radius 3 is 0.826 bits per heavy atom. The molecule has 1 aliphatic carbocycles. The lowest BCUT2D eigenvalue weighted by atomic mass is 9.67. The van der Waals surface area contributed by atoms with E-state index in [0.29, 0.717) is 0 Å². The molecule has 2 heteroatoms. The Bertz CT molecular complexity index is 3260. The van der Waals surface area contributed by atoms with Crippen molar-refractivity contribution >= 4 is 57.6 Å². The average molecular weight is 911 g/mol. The van der Waals surface area contributed by atoms with Gasteiger partial charge in [-0.1, -0.05) is 297 Å². The molecule has 0 unspecified atom stereocenters. The van der Waals surface area contributed by atoms with Crippen molar-refractivity contribution in [3.05, 3.63) is 326 Å². The predicted octanol–water partition coefficient (Wildman–Crippen LogP) is 10.5. The maximum Gasteiger partial charge on any atom is 0.179 e. The van der Waals surface area contributed by atoms with Crippen LogP contribution >= 0.6 is 0 Å². The van der Waals surface area contributed by atoms with E-state index in [-0.39, 0.29) is 0 Å². The maximum atomic E-state index is 2.62. The second-order valence-corrected chi connectivity index (χ2v) is 25.9. The Balaban J connectivity index is 1.09. The highest BCUT2D eigenvalue weighted by Gasteiger charge is 2.49. The number of rotatable bonds is 11. The van der Waals surface area contributed by atoms with Crippen LogP contribution in [0.1, 0.15) is 22.3 Å². The van der Waals surface area contributed by atoms with Crippen molar-refractivity contribution in [1.82, 2.24) is 0 Å². The van der Waals surface area contributed by atoms with E-state index >= 15 is 0 Å². The molecule has 0 saturated heterocycles. The lowest BCUT2D eigenvalue weighted by Crippen LogP contribution is -2.74. The first-order valence-electron chi connectivity index (χ1n) is 24.1. The van der Waals surface area contributed by atoms with Crippen LogP contribution in [0, 0.1) is 0 Å². The first kappa shape index (κ1) is 42.2. The molecule has 0 saturated carbocycles. The largest absolute Gasteiger partial charge is 0.179 e. The Kier molecular flexibility index (Phi) is 10.9. The van der Waals surface area contributed by atoms with Gasteiger partial charge in [-0.25, -0.2) is 0 Å². The number of hydrogen-bond donors (Lipinski definition) is 0. The second kappa shape index (κ2) is 17.8. The number of hydrogen-bond acceptors (Lipinski definition) is 0. The van der Waals surface area contributed by atoms with E-state index < -0.39 is 21.6 Å². The van der Waals surface area contributed by atoms with Crippen LogP contribution in [0.15, 0.2) is 303 Å². The van der Waals surface area contributed by atoms with Gasteiger partial charge in [-0.05, 0) is 92.1 Å². The van der Waals surface area contributed by atoms with E-state index in [1.807, 2.05) is 0 Å². The van der Waals surface area contributed by atoms with Crippen molar-refractivity contribution in [2.45, 2.75) is 5.41 Å². The molecule has 12 rings (SSSR count). The van der Waals surface area contributed by atoms with E-state index in [1.54, 1.807) is 0 Å². The fourth-order valence-corrected chi connectivity index (χ4v) is 21.5. The molecular formula is C67H50Si2. The third-order valence-corrected chi connectivity index (χ3v) is 24.4. The molecule has 69 heavy (non-hydrogen) atoms. The molecule has 0 atom stereocenters. The molecule has 0 aliphatic heterocycles. The van der Waals surface area contributed by atoms with Crippen molar-refractivity contribution in [2.24, 2.45) is 0 Å². The Morgan fingerprint density at radius 1 is 0.203 bits per heavy atom. The van der Waals surface area contributed by atoms with Crippen LogP contribution in [0.3, 0.4) is 0 Å². The minimum Gasteiger partial charge on any atom is -0.0623 e. The van der Waals surface area contributed by atoms with E-state index in [4.69, 9.17) is 0 Å². The van der Waals surface area contributed by atoms with Gasteiger partial charge in [0.05, 0.1) is 5.41 Å². The van der Waals surface area contributed by atoms with Crippen molar-refractivity contribution in [3.8, 4) is 22.3 Å². The standard InChI is InChI=1S/C67H50Si2/c1-9-25-53(26-10-1)67(54-27-11-2-12-28-54)65-49-52(51-41-44-61(45-42-51)68(55-29-13-3-14-30-55,56-31-15-4-16-32-56)57-33-17-5-18-34-57)43-47-63(65)64-48-46-62(50-66(64)67)69(58-35-19-6-20-36-58,59-37-21-7-22-38-59)60-39-23-8-24-40-60/h1-50H. The lowest BCUT2D eigenvalue weighted by molar-refractivity contribution is 0.769. The zero-order chi connectivity index (χ0) is 46.1. The van der Waals surface area contributed by atoms with Gasteiger partial charge >= 0.3 is 0 Å². The van der Waals surface area contributed by atoms with Crippen LogP contribution < -0.4 is 41.5 Å². The summed E-state index contributed by atoms with van der Waals surface area (Å²) in [7, 11) is -5.55. The fraction of sp³-hybridized carbons (Fsp3) is 0.0149. The molecule has 0 radical (unpaired) electrons. The molecule has 0 spiro atoms. The summed E-state index contributed by atoms with van der Waals surface area (Å²) < 4.78 is 0. The first-order chi connectivity index (χ1) is 34.2. The molecule has 0 fully saturated rings. The van der Waals surface area contributed by atoms with Gasteiger partial charge in [0, 0.05) is 0 Å². The van der Waals surface area contributed by atoms with Crippen molar-refractivity contribution in [2.75, 3.05) is 0 Å². The van der Waals surface area contributed by atoms with E-state index in [9.17, 15) is 0 Å². The van der Waals surface area contributed by atoms with Crippen LogP contribution in [0.4, 0.5) is 0 Å². The molecule has 0 N–H and O–H groups in total. The third-order valence-electron chi connectivity index (χ3n) is 14.9. The summed E-state index contributed by atoms with van der Waals surface area (Å²) in [6.07, 6.45) is 0. The molecule has 11 aromatic rings. The quantitative estimate of drug-likeness (QED) is 0.0896. The van der Waals surface area contributed by atoms with Crippen molar-refractivity contribution in [3.63, 3.8) is 0 Å². The average Bonchev–Trinajstić information content (AvgIpc) is 3.74. The third kappa shape index (κ3) is 6.78. The van der Waals surface area contributed by atoms with Gasteiger partial charge in [0.15, 0.2) is 16.1 Å². The smallest absolute Gasteiger partial charge is 0.0623 e. The molecule has 1 aliphatic rings. The highest BCUT2D eigenvalue weighted by molar-refractivity contribution is 7.20. The molecule has 0 bridgehead atoms. The SMILES string of the molecule is c1ccc(C2(c3ccccc3)c3cc(-c4ccc([Si](c5ccccc5)(c5ccccc5)c5ccccc5)cc4)ccc3-c3ccc([Si](c4ccccc4)(c4ccccc4)c4ccccc4)cc32)cc1. The molecule has 11 aromatic carbocycles. The zero-order valence-corrected chi connectivity index (χ0v) is 40.4. The van der Waals surface area contributed by atoms with E-state index in [1.165, 1.54) is 86.0 Å². The Hall–Kier alpha value is -8.15. The molecule has 0 nitrogen and oxygen atoms in total. The minimum atomic E-state index is -2.87. The predicted molar refractivity (Wildman–Crippen MR) is 296 cm³/mol. The molecular weight excluding hydrogens is 861 g/mol. The monoisotopic (exact) mass is 910 g/mol. The maximum absolute atomic E-state index is 2.87. The second-order valence-electron chi connectivity index (χ2n) is 18.3. The summed E-state index contributed by atoms with van der Waals surface area (Å²) in [5, 5.41) is 11.0. The van der Waals surface area contributed by atoms with Crippen molar-refractivity contribution < 1.29 is 0 Å². The summed E-state index contributed by atoms with van der Waals surface area (Å²) in [6.45, 7) is 0. The van der Waals surface area contributed by atoms with E-state index in [2.05, 4.69) is 303 Å². The zero-order valence-electron chi connectivity index (χ0n) is 38.4. The van der Waals surface area contributed by atoms with Crippen molar-refractivity contribution in [1.29, 1.82) is 0 Å². The van der Waals surface area contributed by atoms with Gasteiger partial charge in [-0.2, -0.15) is 0 Å². The number of benzene rings is 11. The van der Waals surface area contributed by atoms with Gasteiger partial charge in [0.25, 0.3) is 0 Å². The van der Waals surface area contributed by atoms with Gasteiger partial charge in [-0.15, -0.1) is 0 Å². The summed E-state index contributed by atoms with van der Waals surface area (Å²) in [4.78, 5) is 0. The van der Waals surface area contributed by atoms with Crippen LogP contribution in [0.5, 0.6) is 0 Å². The topological polar surface area (TPSA) is 0 Å². The van der Waals surface area contributed by atoms with Crippen LogP contribution in [-0.2, 0) is 5.41 Å². The molecule has 0 amide bonds. The van der Waals surface area contributed by atoms with Gasteiger partial charge in [-0.3, -0.25) is 0 Å². The fourth-order valence-electron chi connectivity index (χ4n) is 11.9. The minimum absolute atomic E-state index is 0.598. The highest BCUT2D eigenvalue weighted by atomic mass is 28.3. The Morgan fingerprint density at radius 2 is 0.464 bits per heavy atom. The summed E-state index contributed by atoms with van der Waals surface area (Å²) in [5.74, 6) is 0. The summed E-state index contributed by atoms with van der Waals surface area (Å²) in [5.41, 5.74) is 9.52. The van der Waals surface area contributed by atoms with Crippen LogP contribution in [-0.4, -0.2) is 16.1 Å². The molecule has 326 valence electrons. The van der Waals surface area contributed by atoms with Crippen LogP contribution in [0.25, 0.3) is 22.3 Å². The van der Waals surface area contributed by atoms with Gasteiger partial charge in [0.2, 0.25) is 0 Å². The highest BCUT2D eigenvalue weighted by Crippen LogP contribution is 2.56. The van der Waals surface area contributed by atoms with Gasteiger partial charge < -0.3 is 0 Å². The van der Waals surface area contributed by atoms with E-state index in [0.717, 1.165) is 0 Å². The summed E-state index contributed by atoms with van der Waals surface area (Å²) in [6, 6.07) is 114. The normalized spacial score (nSPS) is 12.8. The molecule has 0 heterocycles. The number of fused-ring (bicyclic) bond motifs is 3. The Labute approximate surface area is 408 Å². The summed E-state index contributed by atoms with van der Waals surface area (Å²) >= 11 is 0. The van der Waals surface area contributed by atoms with Gasteiger partial charge in [0.1, 0.15) is 0 Å².